The van der Waals surface area contributed by atoms with Gasteiger partial charge in [0.1, 0.15) is 0 Å². The summed E-state index contributed by atoms with van der Waals surface area (Å²) in [5.41, 5.74) is 0. The quantitative estimate of drug-likeness (QED) is 0.343. The van der Waals surface area contributed by atoms with Crippen molar-refractivity contribution in [2.75, 3.05) is 45.5 Å². The molecule has 0 aromatic heterocycles. The highest BCUT2D eigenvalue weighted by Gasteiger charge is 2.42. The summed E-state index contributed by atoms with van der Waals surface area (Å²) in [6.45, 7) is 1.79. The Balaban J connectivity index is 4.61. The lowest BCUT2D eigenvalue weighted by molar-refractivity contribution is 0.0258. The van der Waals surface area contributed by atoms with Gasteiger partial charge in [-0.2, -0.15) is 0 Å². The Morgan fingerprint density at radius 3 is 1.61 bits per heavy atom. The number of hydrogen-bond acceptors (Lipinski definition) is 6. The number of aliphatic hydroxyl groups excluding tert-OH is 3. The smallest absolute Gasteiger partial charge is 0.394 e. The molecule has 1 atom stereocenters. The van der Waals surface area contributed by atoms with Crippen molar-refractivity contribution in [2.24, 2.45) is 5.92 Å². The van der Waals surface area contributed by atoms with Gasteiger partial charge in [0.25, 0.3) is 0 Å². The Bertz CT molecular complexity index is 175. The van der Waals surface area contributed by atoms with Gasteiger partial charge in [0, 0.05) is 11.9 Å². The molecule has 0 rings (SSSR count). The Kier molecular flexibility index (Phi) is 11.3. The van der Waals surface area contributed by atoms with Crippen molar-refractivity contribution in [3.63, 3.8) is 0 Å². The van der Waals surface area contributed by atoms with Crippen LogP contribution in [0.2, 0.25) is 6.04 Å². The van der Waals surface area contributed by atoms with E-state index in [1.165, 1.54) is 0 Å². The van der Waals surface area contributed by atoms with Crippen LogP contribution in [0, 0.1) is 5.92 Å². The molecule has 0 spiro atoms. The van der Waals surface area contributed by atoms with Crippen LogP contribution in [0.15, 0.2) is 0 Å². The first-order valence-electron chi connectivity index (χ1n) is 5.94. The summed E-state index contributed by atoms with van der Waals surface area (Å²) in [5.74, 6) is 0.553. The molecule has 0 saturated carbocycles. The molecule has 0 aliphatic carbocycles. The average molecular weight is 303 g/mol. The van der Waals surface area contributed by atoms with Crippen molar-refractivity contribution >= 4 is 20.4 Å². The fourth-order valence-electron chi connectivity index (χ4n) is 1.39. The van der Waals surface area contributed by atoms with E-state index in [0.717, 1.165) is 0 Å². The molecule has 0 heterocycles. The first kappa shape index (κ1) is 18.3. The summed E-state index contributed by atoms with van der Waals surface area (Å²) in [5, 5.41) is 26.5. The predicted octanol–water partition coefficient (Wildman–Crippen LogP) is -0.173. The van der Waals surface area contributed by atoms with E-state index in [-0.39, 0.29) is 45.6 Å². The maximum atomic E-state index is 8.83. The standard InChI is InChI=1S/C10H23ClO6Si/c1-10(8-11)9-18(15-5-2-12,16-6-3-13)17-7-4-14/h10,12-14H,2-9H2,1H3. The first-order chi connectivity index (χ1) is 8.64. The lowest BCUT2D eigenvalue weighted by Crippen LogP contribution is -2.49. The molecular formula is C10H23ClO6Si. The van der Waals surface area contributed by atoms with E-state index >= 15 is 0 Å². The minimum absolute atomic E-state index is 0.0953. The van der Waals surface area contributed by atoms with Crippen LogP contribution in [0.3, 0.4) is 0 Å². The molecule has 0 aliphatic rings. The third-order valence-electron chi connectivity index (χ3n) is 2.10. The summed E-state index contributed by atoms with van der Waals surface area (Å²) in [6.07, 6.45) is 0. The zero-order valence-corrected chi connectivity index (χ0v) is 12.4. The number of halogens is 1. The summed E-state index contributed by atoms with van der Waals surface area (Å²) >= 11 is 5.77. The monoisotopic (exact) mass is 302 g/mol. The van der Waals surface area contributed by atoms with Crippen molar-refractivity contribution in [2.45, 2.75) is 13.0 Å². The molecule has 0 amide bonds. The van der Waals surface area contributed by atoms with E-state index < -0.39 is 8.80 Å². The predicted molar refractivity (Wildman–Crippen MR) is 69.6 cm³/mol. The molecule has 1 unspecified atom stereocenters. The minimum atomic E-state index is -3.01. The third-order valence-corrected chi connectivity index (χ3v) is 5.76. The Hall–Kier alpha value is 0.267. The van der Waals surface area contributed by atoms with Crippen LogP contribution in [-0.4, -0.2) is 69.6 Å². The highest BCUT2D eigenvalue weighted by atomic mass is 35.5. The zero-order valence-electron chi connectivity index (χ0n) is 10.7. The van der Waals surface area contributed by atoms with E-state index in [1.54, 1.807) is 0 Å². The molecule has 0 aromatic carbocycles. The van der Waals surface area contributed by atoms with Gasteiger partial charge in [-0.3, -0.25) is 0 Å². The van der Waals surface area contributed by atoms with Crippen LogP contribution in [-0.2, 0) is 13.3 Å². The molecule has 0 bridgehead atoms. The second-order valence-electron chi connectivity index (χ2n) is 3.86. The maximum Gasteiger partial charge on any atom is 0.501 e. The van der Waals surface area contributed by atoms with E-state index in [9.17, 15) is 0 Å². The molecule has 0 aromatic rings. The van der Waals surface area contributed by atoms with Gasteiger partial charge in [0.2, 0.25) is 0 Å². The highest BCUT2D eigenvalue weighted by molar-refractivity contribution is 6.60. The Morgan fingerprint density at radius 1 is 0.944 bits per heavy atom. The summed E-state index contributed by atoms with van der Waals surface area (Å²) < 4.78 is 16.6. The normalized spacial score (nSPS) is 13.8. The largest absolute Gasteiger partial charge is 0.501 e. The fourth-order valence-corrected chi connectivity index (χ4v) is 4.49. The van der Waals surface area contributed by atoms with Crippen LogP contribution in [0.25, 0.3) is 0 Å². The SMILES string of the molecule is CC(CCl)C[Si](OCCO)(OCCO)OCCO. The summed E-state index contributed by atoms with van der Waals surface area (Å²) in [6, 6.07) is 0.483. The van der Waals surface area contributed by atoms with Crippen LogP contribution < -0.4 is 0 Å². The van der Waals surface area contributed by atoms with Gasteiger partial charge >= 0.3 is 8.80 Å². The van der Waals surface area contributed by atoms with Gasteiger partial charge in [-0.05, 0) is 5.92 Å². The van der Waals surface area contributed by atoms with Crippen molar-refractivity contribution in [3.05, 3.63) is 0 Å². The molecule has 110 valence electrons. The summed E-state index contributed by atoms with van der Waals surface area (Å²) in [7, 11) is -3.01. The molecule has 18 heavy (non-hydrogen) atoms. The zero-order chi connectivity index (χ0) is 13.9. The van der Waals surface area contributed by atoms with Crippen molar-refractivity contribution < 1.29 is 28.6 Å². The topological polar surface area (TPSA) is 88.4 Å². The van der Waals surface area contributed by atoms with E-state index in [1.807, 2.05) is 6.92 Å². The first-order valence-corrected chi connectivity index (χ1v) is 8.41. The third kappa shape index (κ3) is 7.65. The van der Waals surface area contributed by atoms with Gasteiger partial charge in [-0.25, -0.2) is 0 Å². The fraction of sp³-hybridized carbons (Fsp3) is 1.00. The van der Waals surface area contributed by atoms with Crippen LogP contribution >= 0.6 is 11.6 Å². The Labute approximate surface area is 114 Å². The molecule has 3 N–H and O–H groups in total. The van der Waals surface area contributed by atoms with Crippen molar-refractivity contribution in [1.82, 2.24) is 0 Å². The lowest BCUT2D eigenvalue weighted by atomic mass is 10.3. The molecule has 0 fully saturated rings. The van der Waals surface area contributed by atoms with Gasteiger partial charge in [-0.15, -0.1) is 11.6 Å². The average Bonchev–Trinajstić information content (AvgIpc) is 2.40. The number of aliphatic hydroxyl groups is 3. The number of alkyl halides is 1. The van der Waals surface area contributed by atoms with Crippen LogP contribution in [0.5, 0.6) is 0 Å². The van der Waals surface area contributed by atoms with Crippen LogP contribution in [0.1, 0.15) is 6.92 Å². The second-order valence-corrected chi connectivity index (χ2v) is 6.81. The van der Waals surface area contributed by atoms with E-state index in [0.29, 0.717) is 11.9 Å². The van der Waals surface area contributed by atoms with Gasteiger partial charge in [0.05, 0.1) is 39.6 Å². The minimum Gasteiger partial charge on any atom is -0.394 e. The Morgan fingerprint density at radius 2 is 1.33 bits per heavy atom. The van der Waals surface area contributed by atoms with Crippen molar-refractivity contribution in [1.29, 1.82) is 0 Å². The summed E-state index contributed by atoms with van der Waals surface area (Å²) in [4.78, 5) is 0. The highest BCUT2D eigenvalue weighted by Crippen LogP contribution is 2.22. The van der Waals surface area contributed by atoms with E-state index in [2.05, 4.69) is 0 Å². The maximum absolute atomic E-state index is 8.83. The van der Waals surface area contributed by atoms with Gasteiger partial charge in [-0.1, -0.05) is 6.92 Å². The van der Waals surface area contributed by atoms with E-state index in [4.69, 9.17) is 40.2 Å². The molecule has 8 heteroatoms. The number of hydrogen-bond donors (Lipinski definition) is 3. The molecule has 0 aliphatic heterocycles. The van der Waals surface area contributed by atoms with Crippen LogP contribution in [0.4, 0.5) is 0 Å². The number of rotatable bonds is 12. The lowest BCUT2D eigenvalue weighted by Gasteiger charge is -2.30. The molecule has 0 saturated heterocycles. The van der Waals surface area contributed by atoms with Gasteiger partial charge in [0.15, 0.2) is 0 Å². The molecular weight excluding hydrogens is 280 g/mol. The van der Waals surface area contributed by atoms with Crippen molar-refractivity contribution in [3.8, 4) is 0 Å². The second kappa shape index (κ2) is 11.1. The molecule has 0 radical (unpaired) electrons. The molecule has 6 nitrogen and oxygen atoms in total. The van der Waals surface area contributed by atoms with Gasteiger partial charge < -0.3 is 28.6 Å².